The zero-order valence-electron chi connectivity index (χ0n) is 11.7. The number of aromatic nitrogens is 4. The van der Waals surface area contributed by atoms with Crippen molar-refractivity contribution in [1.29, 1.82) is 0 Å². The summed E-state index contributed by atoms with van der Waals surface area (Å²) in [5.41, 5.74) is 1.90. The van der Waals surface area contributed by atoms with Crippen molar-refractivity contribution in [2.45, 2.75) is 33.6 Å². The molecular formula is C13H17N5O2. The quantitative estimate of drug-likeness (QED) is 0.774. The van der Waals surface area contributed by atoms with Crippen molar-refractivity contribution in [3.05, 3.63) is 39.2 Å². The highest BCUT2D eigenvalue weighted by molar-refractivity contribution is 5.89. The average Bonchev–Trinajstić information content (AvgIpc) is 2.73. The van der Waals surface area contributed by atoms with Gasteiger partial charge in [0, 0.05) is 29.4 Å². The summed E-state index contributed by atoms with van der Waals surface area (Å²) < 4.78 is 0. The van der Waals surface area contributed by atoms with E-state index in [4.69, 9.17) is 0 Å². The number of carbonyl (C=O) groups excluding carboxylic acids is 1. The van der Waals surface area contributed by atoms with Gasteiger partial charge in [0.25, 0.3) is 5.56 Å². The third kappa shape index (κ3) is 3.31. The topological polar surface area (TPSA) is 104 Å². The van der Waals surface area contributed by atoms with Gasteiger partial charge < -0.3 is 10.3 Å². The lowest BCUT2D eigenvalue weighted by atomic mass is 10.1. The fraction of sp³-hybridized carbons (Fsp3) is 0.385. The van der Waals surface area contributed by atoms with Crippen molar-refractivity contribution < 1.29 is 4.79 Å². The number of hydrogen-bond acceptors (Lipinski definition) is 4. The van der Waals surface area contributed by atoms with Gasteiger partial charge in [0.15, 0.2) is 5.82 Å². The van der Waals surface area contributed by atoms with Crippen molar-refractivity contribution in [3.63, 3.8) is 0 Å². The van der Waals surface area contributed by atoms with Gasteiger partial charge >= 0.3 is 0 Å². The third-order valence-electron chi connectivity index (χ3n) is 2.92. The molecule has 0 atom stereocenters. The third-order valence-corrected chi connectivity index (χ3v) is 2.92. The molecule has 0 aliphatic rings. The molecule has 2 rings (SSSR count). The van der Waals surface area contributed by atoms with Gasteiger partial charge in [-0.2, -0.15) is 5.10 Å². The number of anilines is 1. The van der Waals surface area contributed by atoms with E-state index in [1.54, 1.807) is 19.9 Å². The van der Waals surface area contributed by atoms with Crippen LogP contribution in [-0.4, -0.2) is 26.1 Å². The Morgan fingerprint density at radius 2 is 2.10 bits per heavy atom. The first kappa shape index (κ1) is 14.0. The number of nitrogens with one attached hydrogen (secondary N) is 3. The first-order chi connectivity index (χ1) is 9.45. The van der Waals surface area contributed by atoms with E-state index in [9.17, 15) is 9.59 Å². The molecular weight excluding hydrogens is 258 g/mol. The maximum atomic E-state index is 11.8. The number of hydrogen-bond donors (Lipinski definition) is 3. The van der Waals surface area contributed by atoms with E-state index >= 15 is 0 Å². The molecule has 20 heavy (non-hydrogen) atoms. The van der Waals surface area contributed by atoms with Crippen molar-refractivity contribution in [1.82, 2.24) is 20.2 Å². The number of carbonyl (C=O) groups is 1. The van der Waals surface area contributed by atoms with Crippen LogP contribution in [0.4, 0.5) is 5.82 Å². The highest BCUT2D eigenvalue weighted by Gasteiger charge is 2.10. The highest BCUT2D eigenvalue weighted by atomic mass is 16.1. The minimum absolute atomic E-state index is 0.182. The van der Waals surface area contributed by atoms with Crippen molar-refractivity contribution >= 4 is 11.7 Å². The molecule has 0 fully saturated rings. The average molecular weight is 275 g/mol. The zero-order chi connectivity index (χ0) is 14.7. The molecule has 1 amide bonds. The van der Waals surface area contributed by atoms with Crippen LogP contribution in [0.3, 0.4) is 0 Å². The number of H-pyrrole nitrogens is 2. The van der Waals surface area contributed by atoms with E-state index in [1.165, 1.54) is 0 Å². The SMILES string of the molecule is Cc1cc(NC(=O)CCc2c(C)nc(C)[nH]c2=O)n[nH]1. The van der Waals surface area contributed by atoms with E-state index in [-0.39, 0.29) is 17.9 Å². The Morgan fingerprint density at radius 3 is 2.70 bits per heavy atom. The summed E-state index contributed by atoms with van der Waals surface area (Å²) >= 11 is 0. The lowest BCUT2D eigenvalue weighted by Gasteiger charge is -2.05. The lowest BCUT2D eigenvalue weighted by Crippen LogP contribution is -2.20. The first-order valence-electron chi connectivity index (χ1n) is 6.34. The number of nitrogens with zero attached hydrogens (tertiary/aromatic N) is 2. The highest BCUT2D eigenvalue weighted by Crippen LogP contribution is 2.06. The molecule has 2 heterocycles. The first-order valence-corrected chi connectivity index (χ1v) is 6.34. The second kappa shape index (κ2) is 5.68. The number of amides is 1. The number of aryl methyl sites for hydroxylation is 3. The van der Waals surface area contributed by atoms with Crippen molar-refractivity contribution in [2.24, 2.45) is 0 Å². The van der Waals surface area contributed by atoms with Gasteiger partial charge in [-0.05, 0) is 27.2 Å². The van der Waals surface area contributed by atoms with Gasteiger partial charge in [-0.15, -0.1) is 0 Å². The predicted octanol–water partition coefficient (Wildman–Crippen LogP) is 0.990. The van der Waals surface area contributed by atoms with Gasteiger partial charge in [-0.3, -0.25) is 14.7 Å². The molecule has 0 bridgehead atoms. The van der Waals surface area contributed by atoms with Crippen molar-refractivity contribution in [2.75, 3.05) is 5.32 Å². The largest absolute Gasteiger partial charge is 0.311 e. The summed E-state index contributed by atoms with van der Waals surface area (Å²) in [6.07, 6.45) is 0.560. The summed E-state index contributed by atoms with van der Waals surface area (Å²) in [5.74, 6) is 0.878. The van der Waals surface area contributed by atoms with E-state index in [0.29, 0.717) is 29.3 Å². The van der Waals surface area contributed by atoms with E-state index in [2.05, 4.69) is 25.5 Å². The Bertz CT molecular complexity index is 686. The Morgan fingerprint density at radius 1 is 1.35 bits per heavy atom. The summed E-state index contributed by atoms with van der Waals surface area (Å²) in [5, 5.41) is 9.33. The van der Waals surface area contributed by atoms with Crippen LogP contribution in [0.2, 0.25) is 0 Å². The molecule has 0 saturated carbocycles. The minimum Gasteiger partial charge on any atom is -0.311 e. The van der Waals surface area contributed by atoms with Gasteiger partial charge in [-0.1, -0.05) is 0 Å². The fourth-order valence-electron chi connectivity index (χ4n) is 1.97. The van der Waals surface area contributed by atoms with Crippen LogP contribution in [-0.2, 0) is 11.2 Å². The number of aromatic amines is 2. The fourth-order valence-corrected chi connectivity index (χ4v) is 1.97. The van der Waals surface area contributed by atoms with Gasteiger partial charge in [0.1, 0.15) is 5.82 Å². The molecule has 7 nitrogen and oxygen atoms in total. The van der Waals surface area contributed by atoms with Crippen molar-refractivity contribution in [3.8, 4) is 0 Å². The summed E-state index contributed by atoms with van der Waals surface area (Å²) in [4.78, 5) is 30.4. The van der Waals surface area contributed by atoms with Gasteiger partial charge in [0.05, 0.1) is 0 Å². The molecule has 0 aliphatic carbocycles. The molecule has 0 aliphatic heterocycles. The van der Waals surface area contributed by atoms with E-state index in [0.717, 1.165) is 5.69 Å². The van der Waals surface area contributed by atoms with Crippen LogP contribution in [0.1, 0.15) is 29.2 Å². The normalized spacial score (nSPS) is 10.6. The van der Waals surface area contributed by atoms with Crippen LogP contribution in [0.25, 0.3) is 0 Å². The molecule has 0 aromatic carbocycles. The predicted molar refractivity (Wildman–Crippen MR) is 74.6 cm³/mol. The molecule has 3 N–H and O–H groups in total. The molecule has 106 valence electrons. The lowest BCUT2D eigenvalue weighted by molar-refractivity contribution is -0.116. The van der Waals surface area contributed by atoms with E-state index in [1.807, 2.05) is 6.92 Å². The van der Waals surface area contributed by atoms with E-state index < -0.39 is 0 Å². The molecule has 0 saturated heterocycles. The minimum atomic E-state index is -0.184. The zero-order valence-corrected chi connectivity index (χ0v) is 11.7. The molecule has 7 heteroatoms. The Hall–Kier alpha value is -2.44. The summed E-state index contributed by atoms with van der Waals surface area (Å²) in [7, 11) is 0. The second-order valence-corrected chi connectivity index (χ2v) is 4.70. The molecule has 0 unspecified atom stereocenters. The van der Waals surface area contributed by atoms with Crippen LogP contribution >= 0.6 is 0 Å². The standard InChI is InChI=1S/C13H17N5O2/c1-7-6-11(18-17-7)16-12(19)5-4-10-8(2)14-9(3)15-13(10)20/h6H,4-5H2,1-3H3,(H,14,15,20)(H2,16,17,18,19). The van der Waals surface area contributed by atoms with Gasteiger partial charge in [0.2, 0.25) is 5.91 Å². The van der Waals surface area contributed by atoms with Crippen LogP contribution in [0, 0.1) is 20.8 Å². The number of rotatable bonds is 4. The Balaban J connectivity index is 1.99. The molecule has 0 radical (unpaired) electrons. The van der Waals surface area contributed by atoms with Crippen LogP contribution < -0.4 is 10.9 Å². The smallest absolute Gasteiger partial charge is 0.254 e. The van der Waals surface area contributed by atoms with Crippen LogP contribution in [0.15, 0.2) is 10.9 Å². The summed E-state index contributed by atoms with van der Waals surface area (Å²) in [6, 6.07) is 1.74. The maximum Gasteiger partial charge on any atom is 0.254 e. The summed E-state index contributed by atoms with van der Waals surface area (Å²) in [6.45, 7) is 5.35. The monoisotopic (exact) mass is 275 g/mol. The van der Waals surface area contributed by atoms with Crippen LogP contribution in [0.5, 0.6) is 0 Å². The molecule has 2 aromatic rings. The second-order valence-electron chi connectivity index (χ2n) is 4.70. The Labute approximate surface area is 115 Å². The molecule has 0 spiro atoms. The molecule has 2 aromatic heterocycles. The maximum absolute atomic E-state index is 11.8. The van der Waals surface area contributed by atoms with Gasteiger partial charge in [-0.25, -0.2) is 4.98 Å². The Kier molecular flexibility index (Phi) is 3.97.